The second-order valence-corrected chi connectivity index (χ2v) is 7.40. The third-order valence-electron chi connectivity index (χ3n) is 5.54. The van der Waals surface area contributed by atoms with Crippen LogP contribution in [-0.2, 0) is 17.8 Å². The van der Waals surface area contributed by atoms with E-state index < -0.39 is 6.04 Å². The molecule has 0 spiro atoms. The average molecular weight is 420 g/mol. The Balaban J connectivity index is 1.59. The van der Waals surface area contributed by atoms with E-state index >= 15 is 0 Å². The van der Waals surface area contributed by atoms with Crippen LogP contribution in [0.25, 0.3) is 11.3 Å². The van der Waals surface area contributed by atoms with Gasteiger partial charge in [0, 0.05) is 37.1 Å². The lowest BCUT2D eigenvalue weighted by atomic mass is 9.98. The second-order valence-electron chi connectivity index (χ2n) is 7.40. The monoisotopic (exact) mass is 420 g/mol. The molecule has 0 fully saturated rings. The Kier molecular flexibility index (Phi) is 5.70. The number of fused-ring (bicyclic) bond motifs is 1. The summed E-state index contributed by atoms with van der Waals surface area (Å²) in [4.78, 5) is 31.6. The summed E-state index contributed by atoms with van der Waals surface area (Å²) >= 11 is 0. The van der Waals surface area contributed by atoms with Crippen molar-refractivity contribution >= 4 is 5.91 Å². The highest BCUT2D eigenvalue weighted by Gasteiger charge is 2.28. The van der Waals surface area contributed by atoms with E-state index in [4.69, 9.17) is 9.47 Å². The number of rotatable bonds is 5. The molecule has 0 saturated heterocycles. The highest BCUT2D eigenvalue weighted by Crippen LogP contribution is 2.33. The minimum Gasteiger partial charge on any atom is -0.493 e. The standard InChI is InChI=1S/C23H24N4O4/c1-15(27-22(28)7-6-19(25-27)17-5-4-9-24-13-17)23(29)26-10-8-16-11-20(30-2)21(31-3)12-18(16)14-26/h4-7,9,11-13,15H,8,10,14H2,1-3H3. The van der Waals surface area contributed by atoms with E-state index in [0.717, 1.165) is 16.7 Å². The molecule has 3 heterocycles. The number of nitrogens with zero attached hydrogens (tertiary/aromatic N) is 4. The molecular formula is C23H24N4O4. The van der Waals surface area contributed by atoms with E-state index in [1.54, 1.807) is 50.6 Å². The molecule has 0 saturated carbocycles. The zero-order chi connectivity index (χ0) is 22.0. The fourth-order valence-corrected chi connectivity index (χ4v) is 3.81. The molecule has 2 aromatic heterocycles. The Labute approximate surface area is 180 Å². The molecule has 0 aliphatic carbocycles. The van der Waals surface area contributed by atoms with Gasteiger partial charge in [-0.05, 0) is 54.8 Å². The fourth-order valence-electron chi connectivity index (χ4n) is 3.81. The second kappa shape index (κ2) is 8.59. The summed E-state index contributed by atoms with van der Waals surface area (Å²) in [7, 11) is 3.19. The molecule has 1 aromatic carbocycles. The van der Waals surface area contributed by atoms with Crippen LogP contribution in [0.2, 0.25) is 0 Å². The van der Waals surface area contributed by atoms with Crippen LogP contribution in [0.5, 0.6) is 11.5 Å². The van der Waals surface area contributed by atoms with Crippen LogP contribution in [0.15, 0.2) is 53.6 Å². The van der Waals surface area contributed by atoms with Gasteiger partial charge in [-0.25, -0.2) is 4.68 Å². The number of ether oxygens (including phenoxy) is 2. The number of hydrogen-bond acceptors (Lipinski definition) is 6. The van der Waals surface area contributed by atoms with Gasteiger partial charge in [0.05, 0.1) is 19.9 Å². The topological polar surface area (TPSA) is 86.6 Å². The molecule has 8 nitrogen and oxygen atoms in total. The summed E-state index contributed by atoms with van der Waals surface area (Å²) in [5.41, 5.74) is 3.19. The van der Waals surface area contributed by atoms with E-state index in [9.17, 15) is 9.59 Å². The van der Waals surface area contributed by atoms with Gasteiger partial charge in [0.15, 0.2) is 11.5 Å². The summed E-state index contributed by atoms with van der Waals surface area (Å²) in [6.45, 7) is 2.70. The first-order chi connectivity index (χ1) is 15.0. The number of benzene rings is 1. The molecule has 1 aliphatic rings. The van der Waals surface area contributed by atoms with E-state index in [-0.39, 0.29) is 11.5 Å². The first-order valence-electron chi connectivity index (χ1n) is 10.0. The highest BCUT2D eigenvalue weighted by atomic mass is 16.5. The van der Waals surface area contributed by atoms with E-state index in [0.29, 0.717) is 36.7 Å². The number of amides is 1. The molecule has 4 rings (SSSR count). The fraction of sp³-hybridized carbons (Fsp3) is 0.304. The maximum Gasteiger partial charge on any atom is 0.267 e. The smallest absolute Gasteiger partial charge is 0.267 e. The van der Waals surface area contributed by atoms with Crippen LogP contribution in [0.3, 0.4) is 0 Å². The van der Waals surface area contributed by atoms with E-state index in [1.807, 2.05) is 18.2 Å². The minimum absolute atomic E-state index is 0.154. The normalized spacial score (nSPS) is 14.0. The van der Waals surface area contributed by atoms with Gasteiger partial charge in [-0.3, -0.25) is 14.6 Å². The SMILES string of the molecule is COc1cc2c(cc1OC)CN(C(=O)C(C)n1nc(-c3cccnc3)ccc1=O)CC2. The van der Waals surface area contributed by atoms with Gasteiger partial charge in [-0.15, -0.1) is 0 Å². The third-order valence-corrected chi connectivity index (χ3v) is 5.54. The van der Waals surface area contributed by atoms with Crippen molar-refractivity contribution in [3.05, 3.63) is 70.3 Å². The number of pyridine rings is 1. The first-order valence-corrected chi connectivity index (χ1v) is 10.0. The molecule has 0 radical (unpaired) electrons. The maximum atomic E-state index is 13.2. The van der Waals surface area contributed by atoms with Crippen molar-refractivity contribution in [2.24, 2.45) is 0 Å². The van der Waals surface area contributed by atoms with Crippen molar-refractivity contribution in [3.8, 4) is 22.8 Å². The van der Waals surface area contributed by atoms with Gasteiger partial charge in [0.2, 0.25) is 5.91 Å². The van der Waals surface area contributed by atoms with Gasteiger partial charge in [0.1, 0.15) is 6.04 Å². The van der Waals surface area contributed by atoms with E-state index in [2.05, 4.69) is 10.1 Å². The molecule has 31 heavy (non-hydrogen) atoms. The quantitative estimate of drug-likeness (QED) is 0.630. The van der Waals surface area contributed by atoms with Gasteiger partial charge in [-0.2, -0.15) is 5.10 Å². The van der Waals surface area contributed by atoms with Crippen LogP contribution in [0.4, 0.5) is 0 Å². The highest BCUT2D eigenvalue weighted by molar-refractivity contribution is 5.80. The molecule has 3 aromatic rings. The van der Waals surface area contributed by atoms with E-state index in [1.165, 1.54) is 10.7 Å². The zero-order valence-electron chi connectivity index (χ0n) is 17.7. The van der Waals surface area contributed by atoms with Crippen molar-refractivity contribution in [1.29, 1.82) is 0 Å². The van der Waals surface area contributed by atoms with Crippen molar-refractivity contribution in [1.82, 2.24) is 19.7 Å². The molecule has 0 bridgehead atoms. The minimum atomic E-state index is -0.731. The van der Waals surface area contributed by atoms with Crippen LogP contribution < -0.4 is 15.0 Å². The molecule has 1 unspecified atom stereocenters. The molecule has 1 aliphatic heterocycles. The number of carbonyl (C=O) groups is 1. The number of carbonyl (C=O) groups excluding carboxylic acids is 1. The Hall–Kier alpha value is -3.68. The molecule has 1 amide bonds. The van der Waals surface area contributed by atoms with Crippen molar-refractivity contribution in [2.45, 2.75) is 25.9 Å². The van der Waals surface area contributed by atoms with Gasteiger partial charge < -0.3 is 14.4 Å². The lowest BCUT2D eigenvalue weighted by Crippen LogP contribution is -2.42. The molecule has 1 atom stereocenters. The average Bonchev–Trinajstić information content (AvgIpc) is 2.82. The molecule has 8 heteroatoms. The first kappa shape index (κ1) is 20.6. The summed E-state index contributed by atoms with van der Waals surface area (Å²) < 4.78 is 12.0. The Morgan fingerprint density at radius 3 is 2.52 bits per heavy atom. The number of aromatic nitrogens is 3. The van der Waals surface area contributed by atoms with Crippen LogP contribution >= 0.6 is 0 Å². The third kappa shape index (κ3) is 4.01. The number of hydrogen-bond donors (Lipinski definition) is 0. The van der Waals surface area contributed by atoms with Gasteiger partial charge in [0.25, 0.3) is 5.56 Å². The molecule has 0 N–H and O–H groups in total. The Bertz CT molecular complexity index is 1160. The predicted octanol–water partition coefficient (Wildman–Crippen LogP) is 2.47. The predicted molar refractivity (Wildman–Crippen MR) is 115 cm³/mol. The Morgan fingerprint density at radius 2 is 1.84 bits per heavy atom. The van der Waals surface area contributed by atoms with Crippen molar-refractivity contribution in [3.63, 3.8) is 0 Å². The summed E-state index contributed by atoms with van der Waals surface area (Å²) in [5.74, 6) is 1.15. The van der Waals surface area contributed by atoms with Crippen LogP contribution in [0.1, 0.15) is 24.1 Å². The molecular weight excluding hydrogens is 396 g/mol. The van der Waals surface area contributed by atoms with Gasteiger partial charge >= 0.3 is 0 Å². The maximum absolute atomic E-state index is 13.2. The van der Waals surface area contributed by atoms with Crippen LogP contribution in [0, 0.1) is 0 Å². The molecule has 160 valence electrons. The largest absolute Gasteiger partial charge is 0.493 e. The summed E-state index contributed by atoms with van der Waals surface area (Å²) in [6.07, 6.45) is 4.05. The lowest BCUT2D eigenvalue weighted by molar-refractivity contribution is -0.135. The van der Waals surface area contributed by atoms with Gasteiger partial charge in [-0.1, -0.05) is 0 Å². The van der Waals surface area contributed by atoms with Crippen molar-refractivity contribution < 1.29 is 14.3 Å². The zero-order valence-corrected chi connectivity index (χ0v) is 17.7. The summed E-state index contributed by atoms with van der Waals surface area (Å²) in [5, 5.41) is 4.43. The lowest BCUT2D eigenvalue weighted by Gasteiger charge is -2.31. The number of methoxy groups -OCH3 is 2. The van der Waals surface area contributed by atoms with Crippen LogP contribution in [-0.4, -0.2) is 46.3 Å². The van der Waals surface area contributed by atoms with Crippen molar-refractivity contribution in [2.75, 3.05) is 20.8 Å². The summed E-state index contributed by atoms with van der Waals surface area (Å²) in [6, 6.07) is 9.88. The Morgan fingerprint density at radius 1 is 1.10 bits per heavy atom.